The Bertz CT molecular complexity index is 155. The number of hydrogen-bond donors (Lipinski definition) is 0. The van der Waals surface area contributed by atoms with Crippen LogP contribution in [-0.4, -0.2) is 23.2 Å². The van der Waals surface area contributed by atoms with Crippen LogP contribution in [0.15, 0.2) is 0 Å². The van der Waals surface area contributed by atoms with Crippen molar-refractivity contribution in [1.29, 1.82) is 0 Å². The Morgan fingerprint density at radius 2 is 1.82 bits per heavy atom. The molecular formula is C9H18NO+. The van der Waals surface area contributed by atoms with Crippen LogP contribution in [0, 0.1) is 5.92 Å². The molecule has 2 heteroatoms. The second-order valence-electron chi connectivity index (χ2n) is 3.56. The maximum Gasteiger partial charge on any atom is 0.424 e. The first kappa shape index (κ1) is 10.4. The van der Waals surface area contributed by atoms with Gasteiger partial charge in [-0.3, -0.25) is 0 Å². The van der Waals surface area contributed by atoms with Crippen LogP contribution in [0.25, 0.3) is 0 Å². The highest BCUT2D eigenvalue weighted by molar-refractivity contribution is 5.24. The lowest BCUT2D eigenvalue weighted by molar-refractivity contribution is -0.556. The maximum atomic E-state index is 10.4. The van der Waals surface area contributed by atoms with Crippen molar-refractivity contribution in [2.24, 2.45) is 5.92 Å². The van der Waals surface area contributed by atoms with E-state index in [1.165, 1.54) is 0 Å². The van der Waals surface area contributed by atoms with E-state index in [2.05, 4.69) is 13.8 Å². The zero-order chi connectivity index (χ0) is 8.85. The molecule has 0 heterocycles. The highest BCUT2D eigenvalue weighted by atomic mass is 16.1. The predicted molar refractivity (Wildman–Crippen MR) is 45.4 cm³/mol. The third-order valence-electron chi connectivity index (χ3n) is 1.69. The largest absolute Gasteiger partial charge is 0.424 e. The number of rotatable bonds is 4. The van der Waals surface area contributed by atoms with Crippen LogP contribution in [0.4, 0.5) is 0 Å². The Morgan fingerprint density at radius 1 is 1.27 bits per heavy atom. The first-order valence-corrected chi connectivity index (χ1v) is 4.22. The molecule has 0 aromatic rings. The molecule has 0 fully saturated rings. The molecule has 2 nitrogen and oxygen atoms in total. The molecule has 0 aromatic heterocycles. The van der Waals surface area contributed by atoms with Crippen molar-refractivity contribution in [3.63, 3.8) is 0 Å². The van der Waals surface area contributed by atoms with Crippen LogP contribution in [0.3, 0.4) is 0 Å². The van der Waals surface area contributed by atoms with Crippen LogP contribution in [0.2, 0.25) is 0 Å². The van der Waals surface area contributed by atoms with Gasteiger partial charge in [-0.05, 0) is 19.8 Å². The summed E-state index contributed by atoms with van der Waals surface area (Å²) >= 11 is 0. The molecule has 0 aliphatic carbocycles. The zero-order valence-electron chi connectivity index (χ0n) is 7.92. The Labute approximate surface area is 68.9 Å². The summed E-state index contributed by atoms with van der Waals surface area (Å²) in [7, 11) is 0. The molecule has 0 bridgehead atoms. The van der Waals surface area contributed by atoms with E-state index < -0.39 is 0 Å². The standard InChI is InChI=1S/C9H18NO/c1-8(2)5-6-10(7-11)9(3)4/h8-9H,5-6H2,1-4H3/q+1. The average molecular weight is 156 g/mol. The number of nitrogens with zero attached hydrogens (tertiary/aromatic N) is 1. The van der Waals surface area contributed by atoms with E-state index >= 15 is 0 Å². The quantitative estimate of drug-likeness (QED) is 0.345. The van der Waals surface area contributed by atoms with Crippen molar-refractivity contribution in [2.75, 3.05) is 6.54 Å². The van der Waals surface area contributed by atoms with E-state index in [0.29, 0.717) is 5.92 Å². The fourth-order valence-corrected chi connectivity index (χ4v) is 0.807. The molecule has 0 amide bonds. The fourth-order valence-electron chi connectivity index (χ4n) is 0.807. The minimum atomic E-state index is 0.284. The van der Waals surface area contributed by atoms with Gasteiger partial charge in [-0.1, -0.05) is 13.8 Å². The van der Waals surface area contributed by atoms with Crippen LogP contribution in [0.1, 0.15) is 34.1 Å². The van der Waals surface area contributed by atoms with Crippen LogP contribution < -0.4 is 0 Å². The van der Waals surface area contributed by atoms with Gasteiger partial charge in [-0.2, -0.15) is 9.37 Å². The SMILES string of the molecule is CC(C)CC[N+](=C=O)C(C)C. The third kappa shape index (κ3) is 4.74. The van der Waals surface area contributed by atoms with Gasteiger partial charge in [0.2, 0.25) is 0 Å². The van der Waals surface area contributed by atoms with Crippen LogP contribution in [-0.2, 0) is 4.79 Å². The normalized spacial score (nSPS) is 10.4. The van der Waals surface area contributed by atoms with E-state index in [1.807, 2.05) is 19.9 Å². The molecule has 0 radical (unpaired) electrons. The Balaban J connectivity index is 3.82. The van der Waals surface area contributed by atoms with Gasteiger partial charge in [-0.15, -0.1) is 0 Å². The van der Waals surface area contributed by atoms with E-state index in [4.69, 9.17) is 0 Å². The van der Waals surface area contributed by atoms with Crippen molar-refractivity contribution in [3.05, 3.63) is 0 Å². The summed E-state index contributed by atoms with van der Waals surface area (Å²) in [5, 5.41) is 0. The van der Waals surface area contributed by atoms with E-state index in [-0.39, 0.29) is 6.04 Å². The monoisotopic (exact) mass is 156 g/mol. The molecule has 64 valence electrons. The van der Waals surface area contributed by atoms with Gasteiger partial charge in [0, 0.05) is 6.42 Å². The zero-order valence-corrected chi connectivity index (χ0v) is 7.92. The summed E-state index contributed by atoms with van der Waals surface area (Å²) < 4.78 is 1.71. The van der Waals surface area contributed by atoms with Gasteiger partial charge < -0.3 is 0 Å². The van der Waals surface area contributed by atoms with Gasteiger partial charge in [0.15, 0.2) is 12.6 Å². The summed E-state index contributed by atoms with van der Waals surface area (Å²) in [6, 6.07) is 0.284. The smallest absolute Gasteiger partial charge is 0.159 e. The second kappa shape index (κ2) is 5.09. The van der Waals surface area contributed by atoms with Gasteiger partial charge in [0.05, 0.1) is 0 Å². The topological polar surface area (TPSA) is 20.1 Å². The molecule has 0 aromatic carbocycles. The van der Waals surface area contributed by atoms with Crippen molar-refractivity contribution in [3.8, 4) is 0 Å². The van der Waals surface area contributed by atoms with Crippen molar-refractivity contribution < 1.29 is 9.37 Å². The Kier molecular flexibility index (Phi) is 4.80. The highest BCUT2D eigenvalue weighted by Gasteiger charge is 2.10. The predicted octanol–water partition coefficient (Wildman–Crippen LogP) is 1.79. The molecule has 11 heavy (non-hydrogen) atoms. The minimum Gasteiger partial charge on any atom is -0.159 e. The Morgan fingerprint density at radius 3 is 2.09 bits per heavy atom. The highest BCUT2D eigenvalue weighted by Crippen LogP contribution is 2.00. The van der Waals surface area contributed by atoms with E-state index in [9.17, 15) is 4.79 Å². The number of isocyanates is 1. The van der Waals surface area contributed by atoms with E-state index in [0.717, 1.165) is 13.0 Å². The summed E-state index contributed by atoms with van der Waals surface area (Å²) in [5.74, 6) is 0.657. The fraction of sp³-hybridized carbons (Fsp3) is 0.889. The number of carbonyl (C=O) groups excluding carboxylic acids is 1. The first-order chi connectivity index (χ1) is 5.07. The van der Waals surface area contributed by atoms with Crippen molar-refractivity contribution in [1.82, 2.24) is 0 Å². The molecular weight excluding hydrogens is 138 g/mol. The lowest BCUT2D eigenvalue weighted by Gasteiger charge is -2.03. The summed E-state index contributed by atoms with van der Waals surface area (Å²) in [5.41, 5.74) is 0. The molecule has 0 saturated carbocycles. The molecule has 0 saturated heterocycles. The summed E-state index contributed by atoms with van der Waals surface area (Å²) in [6.45, 7) is 9.15. The lowest BCUT2D eigenvalue weighted by Crippen LogP contribution is -2.21. The molecule has 0 unspecified atom stereocenters. The van der Waals surface area contributed by atoms with E-state index in [1.54, 1.807) is 4.58 Å². The molecule has 0 spiro atoms. The first-order valence-electron chi connectivity index (χ1n) is 4.22. The van der Waals surface area contributed by atoms with Gasteiger partial charge >= 0.3 is 6.08 Å². The second-order valence-corrected chi connectivity index (χ2v) is 3.56. The molecule has 0 aliphatic heterocycles. The maximum absolute atomic E-state index is 10.4. The van der Waals surface area contributed by atoms with Crippen LogP contribution in [0.5, 0.6) is 0 Å². The van der Waals surface area contributed by atoms with Crippen LogP contribution >= 0.6 is 0 Å². The molecule has 0 aliphatic rings. The summed E-state index contributed by atoms with van der Waals surface area (Å²) in [6.07, 6.45) is 3.00. The van der Waals surface area contributed by atoms with Crippen molar-refractivity contribution in [2.45, 2.75) is 40.2 Å². The third-order valence-corrected chi connectivity index (χ3v) is 1.69. The molecule has 0 rings (SSSR count). The van der Waals surface area contributed by atoms with Crippen molar-refractivity contribution >= 4 is 6.08 Å². The van der Waals surface area contributed by atoms with Gasteiger partial charge in [0.1, 0.15) is 0 Å². The average Bonchev–Trinajstić information content (AvgIpc) is 1.87. The molecule has 0 atom stereocenters. The Hall–Kier alpha value is -0.620. The lowest BCUT2D eigenvalue weighted by atomic mass is 10.1. The van der Waals surface area contributed by atoms with Gasteiger partial charge in [-0.25, -0.2) is 0 Å². The van der Waals surface area contributed by atoms with Gasteiger partial charge in [0.25, 0.3) is 0 Å². The summed E-state index contributed by atoms with van der Waals surface area (Å²) in [4.78, 5) is 10.4. The minimum absolute atomic E-state index is 0.284. The molecule has 0 N–H and O–H groups in total. The number of hydrogen-bond acceptors (Lipinski definition) is 1.